The molecule has 4 nitrogen and oxygen atoms in total. The highest BCUT2D eigenvalue weighted by atomic mass is 35.5. The van der Waals surface area contributed by atoms with Gasteiger partial charge in [0.05, 0.1) is 4.92 Å². The zero-order valence-corrected chi connectivity index (χ0v) is 11.9. The van der Waals surface area contributed by atoms with E-state index in [0.717, 1.165) is 23.7 Å². The van der Waals surface area contributed by atoms with Crippen molar-refractivity contribution in [2.75, 3.05) is 11.9 Å². The maximum atomic E-state index is 10.7. The third-order valence-electron chi connectivity index (χ3n) is 3.05. The zero-order valence-electron chi connectivity index (χ0n) is 11.1. The topological polar surface area (TPSA) is 55.2 Å². The lowest BCUT2D eigenvalue weighted by atomic mass is 10.1. The van der Waals surface area contributed by atoms with Crippen LogP contribution in [0.25, 0.3) is 0 Å². The van der Waals surface area contributed by atoms with Crippen molar-refractivity contribution in [1.29, 1.82) is 0 Å². The number of aryl methyl sites for hydroxylation is 1. The standard InChI is InChI=1S/C15H15ClN2O2/c1-11-10-14(6-7-15(11)18(19)20)17-9-8-12-2-4-13(16)5-3-12/h2-7,10,17H,8-9H2,1H3. The second-order valence-corrected chi connectivity index (χ2v) is 5.00. The minimum atomic E-state index is -0.368. The second-order valence-electron chi connectivity index (χ2n) is 4.56. The van der Waals surface area contributed by atoms with Gasteiger partial charge in [0.1, 0.15) is 0 Å². The molecule has 0 spiro atoms. The summed E-state index contributed by atoms with van der Waals surface area (Å²) < 4.78 is 0. The van der Waals surface area contributed by atoms with Crippen LogP contribution in [0.2, 0.25) is 5.02 Å². The summed E-state index contributed by atoms with van der Waals surface area (Å²) in [5.74, 6) is 0. The minimum absolute atomic E-state index is 0.147. The lowest BCUT2D eigenvalue weighted by Gasteiger charge is -2.07. The van der Waals surface area contributed by atoms with Crippen molar-refractivity contribution < 1.29 is 4.92 Å². The number of nitro benzene ring substituents is 1. The number of halogens is 1. The lowest BCUT2D eigenvalue weighted by molar-refractivity contribution is -0.385. The molecule has 2 rings (SSSR count). The van der Waals surface area contributed by atoms with Crippen molar-refractivity contribution in [2.45, 2.75) is 13.3 Å². The summed E-state index contributed by atoms with van der Waals surface area (Å²) in [7, 11) is 0. The predicted molar refractivity (Wildman–Crippen MR) is 81.5 cm³/mol. The monoisotopic (exact) mass is 290 g/mol. The van der Waals surface area contributed by atoms with E-state index in [-0.39, 0.29) is 10.6 Å². The highest BCUT2D eigenvalue weighted by Crippen LogP contribution is 2.21. The number of hydrogen-bond acceptors (Lipinski definition) is 3. The number of hydrogen-bond donors (Lipinski definition) is 1. The molecule has 2 aromatic rings. The third kappa shape index (κ3) is 3.71. The van der Waals surface area contributed by atoms with Gasteiger partial charge in [-0.25, -0.2) is 0 Å². The Morgan fingerprint density at radius 1 is 1.20 bits per heavy atom. The highest BCUT2D eigenvalue weighted by Gasteiger charge is 2.09. The van der Waals surface area contributed by atoms with Crippen molar-refractivity contribution in [3.8, 4) is 0 Å². The van der Waals surface area contributed by atoms with Crippen LogP contribution in [0.5, 0.6) is 0 Å². The van der Waals surface area contributed by atoms with E-state index in [1.165, 1.54) is 11.6 Å². The predicted octanol–water partition coefficient (Wildman–Crippen LogP) is 4.21. The molecular weight excluding hydrogens is 276 g/mol. The van der Waals surface area contributed by atoms with Crippen LogP contribution >= 0.6 is 11.6 Å². The molecule has 20 heavy (non-hydrogen) atoms. The molecule has 0 fully saturated rings. The first-order valence-corrected chi connectivity index (χ1v) is 6.67. The molecular formula is C15H15ClN2O2. The molecule has 5 heteroatoms. The SMILES string of the molecule is Cc1cc(NCCc2ccc(Cl)cc2)ccc1[N+](=O)[O-]. The van der Waals surface area contributed by atoms with Crippen LogP contribution in [0.15, 0.2) is 42.5 Å². The van der Waals surface area contributed by atoms with Crippen LogP contribution in [0, 0.1) is 17.0 Å². The Labute approximate surface area is 122 Å². The normalized spacial score (nSPS) is 10.3. The molecule has 2 aromatic carbocycles. The summed E-state index contributed by atoms with van der Waals surface area (Å²) in [4.78, 5) is 10.4. The summed E-state index contributed by atoms with van der Waals surface area (Å²) >= 11 is 5.83. The lowest BCUT2D eigenvalue weighted by Crippen LogP contribution is -2.05. The van der Waals surface area contributed by atoms with Gasteiger partial charge in [-0.2, -0.15) is 0 Å². The van der Waals surface area contributed by atoms with Gasteiger partial charge in [0.25, 0.3) is 5.69 Å². The first-order chi connectivity index (χ1) is 9.56. The Balaban J connectivity index is 1.92. The molecule has 0 saturated carbocycles. The quantitative estimate of drug-likeness (QED) is 0.663. The van der Waals surface area contributed by atoms with Crippen LogP contribution < -0.4 is 5.32 Å². The summed E-state index contributed by atoms with van der Waals surface area (Å²) in [6, 6.07) is 12.8. The van der Waals surface area contributed by atoms with E-state index < -0.39 is 0 Å². The smallest absolute Gasteiger partial charge is 0.272 e. The van der Waals surface area contributed by atoms with E-state index in [2.05, 4.69) is 5.32 Å². The molecule has 0 heterocycles. The van der Waals surface area contributed by atoms with Gasteiger partial charge in [-0.05, 0) is 43.2 Å². The van der Waals surface area contributed by atoms with Crippen molar-refractivity contribution in [3.05, 3.63) is 68.7 Å². The molecule has 104 valence electrons. The largest absolute Gasteiger partial charge is 0.385 e. The van der Waals surface area contributed by atoms with Crippen molar-refractivity contribution in [3.63, 3.8) is 0 Å². The van der Waals surface area contributed by atoms with Gasteiger partial charge < -0.3 is 5.32 Å². The highest BCUT2D eigenvalue weighted by molar-refractivity contribution is 6.30. The number of nitro groups is 1. The summed E-state index contributed by atoms with van der Waals surface area (Å²) in [6.07, 6.45) is 0.868. The van der Waals surface area contributed by atoms with Gasteiger partial charge in [0, 0.05) is 28.9 Å². The Hall–Kier alpha value is -2.07. The van der Waals surface area contributed by atoms with E-state index in [4.69, 9.17) is 11.6 Å². The third-order valence-corrected chi connectivity index (χ3v) is 3.30. The Kier molecular flexibility index (Phi) is 4.58. The number of benzene rings is 2. The molecule has 0 aliphatic heterocycles. The number of nitrogens with one attached hydrogen (secondary N) is 1. The molecule has 0 amide bonds. The van der Waals surface area contributed by atoms with Crippen LogP contribution in [-0.2, 0) is 6.42 Å². The van der Waals surface area contributed by atoms with Crippen LogP contribution in [0.3, 0.4) is 0 Å². The summed E-state index contributed by atoms with van der Waals surface area (Å²) in [5.41, 5.74) is 2.89. The van der Waals surface area contributed by atoms with E-state index in [1.807, 2.05) is 24.3 Å². The Bertz CT molecular complexity index is 612. The second kappa shape index (κ2) is 6.39. The minimum Gasteiger partial charge on any atom is -0.385 e. The van der Waals surface area contributed by atoms with Crippen LogP contribution in [0.1, 0.15) is 11.1 Å². The number of nitrogens with zero attached hydrogens (tertiary/aromatic N) is 1. The fraction of sp³-hybridized carbons (Fsp3) is 0.200. The molecule has 0 unspecified atom stereocenters. The van der Waals surface area contributed by atoms with Gasteiger partial charge in [0.15, 0.2) is 0 Å². The molecule has 0 aliphatic carbocycles. The van der Waals surface area contributed by atoms with Gasteiger partial charge in [0.2, 0.25) is 0 Å². The molecule has 0 bridgehead atoms. The van der Waals surface area contributed by atoms with Crippen molar-refractivity contribution in [2.24, 2.45) is 0 Å². The van der Waals surface area contributed by atoms with Crippen molar-refractivity contribution >= 4 is 23.0 Å². The maximum absolute atomic E-state index is 10.7. The van der Waals surface area contributed by atoms with Crippen molar-refractivity contribution in [1.82, 2.24) is 0 Å². The van der Waals surface area contributed by atoms with E-state index in [0.29, 0.717) is 5.56 Å². The molecule has 0 aromatic heterocycles. The first kappa shape index (κ1) is 14.3. The van der Waals surface area contributed by atoms with Gasteiger partial charge in [-0.15, -0.1) is 0 Å². The summed E-state index contributed by atoms with van der Waals surface area (Å²) in [6.45, 7) is 2.50. The molecule has 0 saturated heterocycles. The van der Waals surface area contributed by atoms with E-state index >= 15 is 0 Å². The van der Waals surface area contributed by atoms with Crippen LogP contribution in [-0.4, -0.2) is 11.5 Å². The number of anilines is 1. The van der Waals surface area contributed by atoms with Gasteiger partial charge in [-0.1, -0.05) is 23.7 Å². The van der Waals surface area contributed by atoms with E-state index in [9.17, 15) is 10.1 Å². The average Bonchev–Trinajstić information content (AvgIpc) is 2.41. The maximum Gasteiger partial charge on any atom is 0.272 e. The fourth-order valence-electron chi connectivity index (χ4n) is 1.97. The fourth-order valence-corrected chi connectivity index (χ4v) is 2.10. The molecule has 0 aliphatic rings. The van der Waals surface area contributed by atoms with Crippen LogP contribution in [0.4, 0.5) is 11.4 Å². The number of rotatable bonds is 5. The first-order valence-electron chi connectivity index (χ1n) is 6.29. The Morgan fingerprint density at radius 3 is 2.50 bits per heavy atom. The van der Waals surface area contributed by atoms with Gasteiger partial charge >= 0.3 is 0 Å². The summed E-state index contributed by atoms with van der Waals surface area (Å²) in [5, 5.41) is 14.7. The Morgan fingerprint density at radius 2 is 1.90 bits per heavy atom. The average molecular weight is 291 g/mol. The molecule has 0 radical (unpaired) electrons. The molecule has 1 N–H and O–H groups in total. The zero-order chi connectivity index (χ0) is 14.5. The van der Waals surface area contributed by atoms with E-state index in [1.54, 1.807) is 19.1 Å². The molecule has 0 atom stereocenters. The van der Waals surface area contributed by atoms with Gasteiger partial charge in [-0.3, -0.25) is 10.1 Å².